The van der Waals surface area contributed by atoms with Crippen LogP contribution in [-0.4, -0.2) is 40.6 Å². The Labute approximate surface area is 113 Å². The average molecular weight is 266 g/mol. The summed E-state index contributed by atoms with van der Waals surface area (Å²) in [6.07, 6.45) is 4.21. The maximum absolute atomic E-state index is 11.9. The van der Waals surface area contributed by atoms with E-state index in [1.54, 1.807) is 11.9 Å². The van der Waals surface area contributed by atoms with Crippen molar-refractivity contribution in [2.45, 2.75) is 51.0 Å². The summed E-state index contributed by atoms with van der Waals surface area (Å²) in [7, 11) is 1.79. The fourth-order valence-corrected chi connectivity index (χ4v) is 1.85. The highest BCUT2D eigenvalue weighted by Gasteiger charge is 2.28. The molecule has 1 aliphatic rings. The molecule has 19 heavy (non-hydrogen) atoms. The van der Waals surface area contributed by atoms with Crippen LogP contribution in [0.2, 0.25) is 0 Å². The lowest BCUT2D eigenvalue weighted by molar-refractivity contribution is -0.131. The molecule has 0 aromatic carbocycles. The van der Waals surface area contributed by atoms with E-state index < -0.39 is 0 Å². The molecule has 1 aromatic heterocycles. The van der Waals surface area contributed by atoms with Gasteiger partial charge in [0.2, 0.25) is 11.8 Å². The maximum atomic E-state index is 11.9. The first kappa shape index (κ1) is 14.0. The van der Waals surface area contributed by atoms with Gasteiger partial charge in [0, 0.05) is 38.4 Å². The van der Waals surface area contributed by atoms with Gasteiger partial charge in [-0.3, -0.25) is 4.79 Å². The summed E-state index contributed by atoms with van der Waals surface area (Å²) in [6.45, 7) is 2.43. The van der Waals surface area contributed by atoms with Crippen LogP contribution in [0.3, 0.4) is 0 Å². The van der Waals surface area contributed by atoms with Crippen LogP contribution in [0.1, 0.15) is 50.2 Å². The molecule has 1 unspecified atom stereocenters. The van der Waals surface area contributed by atoms with Crippen molar-refractivity contribution >= 4 is 5.91 Å². The van der Waals surface area contributed by atoms with E-state index in [0.717, 1.165) is 12.2 Å². The van der Waals surface area contributed by atoms with E-state index in [2.05, 4.69) is 10.1 Å². The average Bonchev–Trinajstić information content (AvgIpc) is 3.17. The standard InChI is InChI=1S/C13H22N4O2/c1-9(8-14)17(2)12(18)5-3-4-11-15-13(16-19-11)10-6-7-10/h9-10H,3-8,14H2,1-2H3. The van der Waals surface area contributed by atoms with Gasteiger partial charge in [0.15, 0.2) is 5.82 Å². The molecule has 6 nitrogen and oxygen atoms in total. The third-order valence-corrected chi connectivity index (χ3v) is 3.60. The van der Waals surface area contributed by atoms with Crippen molar-refractivity contribution in [1.29, 1.82) is 0 Å². The number of carbonyl (C=O) groups is 1. The van der Waals surface area contributed by atoms with Crippen LogP contribution in [0.4, 0.5) is 0 Å². The van der Waals surface area contributed by atoms with Crippen molar-refractivity contribution in [3.8, 4) is 0 Å². The molecular weight excluding hydrogens is 244 g/mol. The highest BCUT2D eigenvalue weighted by Crippen LogP contribution is 2.38. The number of rotatable bonds is 7. The van der Waals surface area contributed by atoms with Gasteiger partial charge in [0.1, 0.15) is 0 Å². The first-order chi connectivity index (χ1) is 9.11. The molecule has 0 aliphatic heterocycles. The molecule has 0 bridgehead atoms. The zero-order valence-electron chi connectivity index (χ0n) is 11.6. The molecule has 2 rings (SSSR count). The van der Waals surface area contributed by atoms with E-state index in [4.69, 9.17) is 10.3 Å². The molecule has 1 aromatic rings. The first-order valence-electron chi connectivity index (χ1n) is 6.90. The molecule has 0 spiro atoms. The Bertz CT molecular complexity index is 428. The molecular formula is C13H22N4O2. The second kappa shape index (κ2) is 6.14. The van der Waals surface area contributed by atoms with Gasteiger partial charge in [-0.1, -0.05) is 5.16 Å². The van der Waals surface area contributed by atoms with E-state index in [1.165, 1.54) is 12.8 Å². The number of hydrogen-bond acceptors (Lipinski definition) is 5. The molecule has 1 fully saturated rings. The van der Waals surface area contributed by atoms with Gasteiger partial charge in [0.05, 0.1) is 0 Å². The van der Waals surface area contributed by atoms with E-state index in [0.29, 0.717) is 31.2 Å². The van der Waals surface area contributed by atoms with Crippen LogP contribution in [0.15, 0.2) is 4.52 Å². The van der Waals surface area contributed by atoms with Crippen molar-refractivity contribution in [3.05, 3.63) is 11.7 Å². The van der Waals surface area contributed by atoms with Crippen LogP contribution in [-0.2, 0) is 11.2 Å². The van der Waals surface area contributed by atoms with E-state index in [-0.39, 0.29) is 11.9 Å². The minimum absolute atomic E-state index is 0.0809. The predicted octanol–water partition coefficient (Wildman–Crippen LogP) is 1.08. The Morgan fingerprint density at radius 2 is 2.32 bits per heavy atom. The quantitative estimate of drug-likeness (QED) is 0.798. The first-order valence-corrected chi connectivity index (χ1v) is 6.90. The second-order valence-corrected chi connectivity index (χ2v) is 5.26. The molecule has 0 radical (unpaired) electrons. The lowest BCUT2D eigenvalue weighted by atomic mass is 10.2. The topological polar surface area (TPSA) is 85.2 Å². The van der Waals surface area contributed by atoms with Gasteiger partial charge in [-0.25, -0.2) is 0 Å². The molecule has 1 saturated carbocycles. The van der Waals surface area contributed by atoms with Crippen LogP contribution in [0.25, 0.3) is 0 Å². The van der Waals surface area contributed by atoms with Gasteiger partial charge in [-0.05, 0) is 26.2 Å². The highest BCUT2D eigenvalue weighted by molar-refractivity contribution is 5.76. The van der Waals surface area contributed by atoms with Crippen molar-refractivity contribution in [1.82, 2.24) is 15.0 Å². The lowest BCUT2D eigenvalue weighted by Crippen LogP contribution is -2.39. The zero-order valence-corrected chi connectivity index (χ0v) is 11.6. The summed E-state index contributed by atoms with van der Waals surface area (Å²) in [4.78, 5) is 17.9. The second-order valence-electron chi connectivity index (χ2n) is 5.26. The molecule has 6 heteroatoms. The largest absolute Gasteiger partial charge is 0.342 e. The van der Waals surface area contributed by atoms with Crippen LogP contribution in [0, 0.1) is 0 Å². The fraction of sp³-hybridized carbons (Fsp3) is 0.769. The lowest BCUT2D eigenvalue weighted by Gasteiger charge is -2.23. The fourth-order valence-electron chi connectivity index (χ4n) is 1.85. The van der Waals surface area contributed by atoms with Gasteiger partial charge >= 0.3 is 0 Å². The molecule has 106 valence electrons. The number of hydrogen-bond donors (Lipinski definition) is 1. The normalized spacial score (nSPS) is 16.4. The molecule has 1 amide bonds. The third-order valence-electron chi connectivity index (χ3n) is 3.60. The van der Waals surface area contributed by atoms with Crippen LogP contribution >= 0.6 is 0 Å². The molecule has 2 N–H and O–H groups in total. The zero-order chi connectivity index (χ0) is 13.8. The van der Waals surface area contributed by atoms with Crippen LogP contribution < -0.4 is 5.73 Å². The monoisotopic (exact) mass is 266 g/mol. The number of carbonyl (C=O) groups excluding carboxylic acids is 1. The number of likely N-dealkylation sites (N-methyl/N-ethyl adjacent to an activating group) is 1. The third kappa shape index (κ3) is 3.76. The number of nitrogens with zero attached hydrogens (tertiary/aromatic N) is 3. The van der Waals surface area contributed by atoms with E-state index >= 15 is 0 Å². The smallest absolute Gasteiger partial charge is 0.226 e. The van der Waals surface area contributed by atoms with Gasteiger partial charge in [0.25, 0.3) is 0 Å². The SMILES string of the molecule is CC(CN)N(C)C(=O)CCCc1nc(C2CC2)no1. The highest BCUT2D eigenvalue weighted by atomic mass is 16.5. The maximum Gasteiger partial charge on any atom is 0.226 e. The van der Waals surface area contributed by atoms with Gasteiger partial charge in [-0.2, -0.15) is 4.98 Å². The number of aromatic nitrogens is 2. The van der Waals surface area contributed by atoms with Crippen molar-refractivity contribution in [2.75, 3.05) is 13.6 Å². The molecule has 0 saturated heterocycles. The van der Waals surface area contributed by atoms with Crippen molar-refractivity contribution in [3.63, 3.8) is 0 Å². The Balaban J connectivity index is 1.71. The van der Waals surface area contributed by atoms with Crippen molar-refractivity contribution < 1.29 is 9.32 Å². The van der Waals surface area contributed by atoms with E-state index in [1.807, 2.05) is 6.92 Å². The Kier molecular flexibility index (Phi) is 4.52. The number of amides is 1. The summed E-state index contributed by atoms with van der Waals surface area (Å²) < 4.78 is 5.17. The Morgan fingerprint density at radius 3 is 2.95 bits per heavy atom. The van der Waals surface area contributed by atoms with Crippen LogP contribution in [0.5, 0.6) is 0 Å². The summed E-state index contributed by atoms with van der Waals surface area (Å²) in [5.41, 5.74) is 5.54. The summed E-state index contributed by atoms with van der Waals surface area (Å²) in [6, 6.07) is 0.0809. The number of nitrogens with two attached hydrogens (primary N) is 1. The summed E-state index contributed by atoms with van der Waals surface area (Å²) >= 11 is 0. The summed E-state index contributed by atoms with van der Waals surface area (Å²) in [5.74, 6) is 2.09. The summed E-state index contributed by atoms with van der Waals surface area (Å²) in [5, 5.41) is 3.95. The minimum Gasteiger partial charge on any atom is -0.342 e. The van der Waals surface area contributed by atoms with Crippen molar-refractivity contribution in [2.24, 2.45) is 5.73 Å². The Hall–Kier alpha value is -1.43. The van der Waals surface area contributed by atoms with Gasteiger partial charge in [-0.15, -0.1) is 0 Å². The molecule has 1 aliphatic carbocycles. The Morgan fingerprint density at radius 1 is 1.58 bits per heavy atom. The molecule has 1 atom stereocenters. The van der Waals surface area contributed by atoms with Gasteiger partial charge < -0.3 is 15.2 Å². The molecule has 1 heterocycles. The van der Waals surface area contributed by atoms with E-state index in [9.17, 15) is 4.79 Å². The minimum atomic E-state index is 0.0809. The predicted molar refractivity (Wildman–Crippen MR) is 70.5 cm³/mol. The number of aryl methyl sites for hydroxylation is 1.